The average Bonchev–Trinajstić information content (AvgIpc) is 3.18. The fraction of sp³-hybridized carbons (Fsp3) is 0.450. The summed E-state index contributed by atoms with van der Waals surface area (Å²) in [5.41, 5.74) is 1.50. The molecule has 0 unspecified atom stereocenters. The molecule has 0 fully saturated rings. The van der Waals surface area contributed by atoms with Crippen LogP contribution in [0.4, 0.5) is 0 Å². The van der Waals surface area contributed by atoms with Gasteiger partial charge in [-0.05, 0) is 35.6 Å². The second-order valence-electron chi connectivity index (χ2n) is 7.61. The van der Waals surface area contributed by atoms with Gasteiger partial charge in [-0.3, -0.25) is 4.99 Å². The van der Waals surface area contributed by atoms with Crippen LogP contribution in [0.2, 0.25) is 0 Å². The van der Waals surface area contributed by atoms with E-state index in [1.165, 1.54) is 22.2 Å². The predicted molar refractivity (Wildman–Crippen MR) is 95.4 cm³/mol. The van der Waals surface area contributed by atoms with E-state index in [4.69, 9.17) is 4.99 Å². The molecule has 1 heterocycles. The number of fused-ring (bicyclic) bond motifs is 1. The van der Waals surface area contributed by atoms with Gasteiger partial charge in [0.1, 0.15) is 11.4 Å². The fourth-order valence-corrected chi connectivity index (χ4v) is 3.12. The van der Waals surface area contributed by atoms with Gasteiger partial charge in [-0.1, -0.05) is 63.2 Å². The molecule has 2 heteroatoms. The van der Waals surface area contributed by atoms with Crippen molar-refractivity contribution in [3.63, 3.8) is 0 Å². The number of hydrogen-bond donors (Lipinski definition) is 0. The van der Waals surface area contributed by atoms with E-state index in [-0.39, 0.29) is 11.0 Å². The van der Waals surface area contributed by atoms with Gasteiger partial charge in [0, 0.05) is 7.05 Å². The molecule has 1 aliphatic rings. The minimum absolute atomic E-state index is 0.0272. The van der Waals surface area contributed by atoms with Crippen LogP contribution >= 0.6 is 0 Å². The molecule has 0 N–H and O–H groups in total. The van der Waals surface area contributed by atoms with Gasteiger partial charge in [-0.15, -0.1) is 0 Å². The van der Waals surface area contributed by atoms with Crippen molar-refractivity contribution in [2.75, 3.05) is 7.05 Å². The van der Waals surface area contributed by atoms with Gasteiger partial charge in [0.15, 0.2) is 0 Å². The molecule has 2 aromatic rings. The van der Waals surface area contributed by atoms with E-state index >= 15 is 0 Å². The molecule has 0 spiro atoms. The fourth-order valence-electron chi connectivity index (χ4n) is 3.12. The van der Waals surface area contributed by atoms with Crippen LogP contribution in [0, 0.1) is 5.41 Å². The highest BCUT2D eigenvalue weighted by Crippen LogP contribution is 2.46. The molecule has 2 aromatic carbocycles. The molecule has 2 nitrogen and oxygen atoms in total. The lowest BCUT2D eigenvalue weighted by atomic mass is 9.79. The molecular weight excluding hydrogens is 268 g/mol. The first-order valence-corrected chi connectivity index (χ1v) is 8.06. The molecular formula is C20H26N2. The lowest BCUT2D eigenvalue weighted by Crippen LogP contribution is -2.39. The second-order valence-corrected chi connectivity index (χ2v) is 7.61. The smallest absolute Gasteiger partial charge is 0.129 e. The normalized spacial score (nSPS) is 22.4. The Labute approximate surface area is 133 Å². The third-order valence-corrected chi connectivity index (χ3v) is 5.36. The summed E-state index contributed by atoms with van der Waals surface area (Å²) >= 11 is 0. The van der Waals surface area contributed by atoms with Gasteiger partial charge in [0.05, 0.1) is 6.04 Å². The van der Waals surface area contributed by atoms with Gasteiger partial charge in [0.25, 0.3) is 0 Å². The maximum atomic E-state index is 4.83. The number of likely N-dealkylation sites (N-methyl/N-ethyl adjacent to an activating group) is 1. The summed E-state index contributed by atoms with van der Waals surface area (Å²) in [6.45, 7) is 11.3. The van der Waals surface area contributed by atoms with Crippen LogP contribution in [0.1, 0.15) is 46.2 Å². The molecule has 0 amide bonds. The van der Waals surface area contributed by atoms with E-state index in [0.717, 1.165) is 0 Å². The molecule has 0 aliphatic carbocycles. The first-order valence-electron chi connectivity index (χ1n) is 8.06. The average molecular weight is 294 g/mol. The number of hydrogen-bond acceptors (Lipinski definition) is 2. The SMILES string of the molecule is C[C@H](c1cccc2ccccc12)N(C)C1=N[C@@]1(C)C(C)(C)C. The minimum atomic E-state index is -0.0272. The molecule has 2 atom stereocenters. The summed E-state index contributed by atoms with van der Waals surface area (Å²) in [7, 11) is 2.17. The van der Waals surface area contributed by atoms with E-state index < -0.39 is 0 Å². The van der Waals surface area contributed by atoms with Crippen LogP contribution in [0.3, 0.4) is 0 Å². The van der Waals surface area contributed by atoms with E-state index in [1.54, 1.807) is 0 Å². The van der Waals surface area contributed by atoms with Crippen LogP contribution in [0.25, 0.3) is 10.8 Å². The van der Waals surface area contributed by atoms with Crippen molar-refractivity contribution < 1.29 is 0 Å². The zero-order chi connectivity index (χ0) is 16.1. The molecule has 22 heavy (non-hydrogen) atoms. The van der Waals surface area contributed by atoms with E-state index in [9.17, 15) is 0 Å². The summed E-state index contributed by atoms with van der Waals surface area (Å²) < 4.78 is 0. The quantitative estimate of drug-likeness (QED) is 0.756. The van der Waals surface area contributed by atoms with Crippen LogP contribution in [-0.2, 0) is 0 Å². The summed E-state index contributed by atoms with van der Waals surface area (Å²) in [6, 6.07) is 15.5. The maximum absolute atomic E-state index is 4.83. The summed E-state index contributed by atoms with van der Waals surface area (Å²) in [6.07, 6.45) is 0. The van der Waals surface area contributed by atoms with Crippen molar-refractivity contribution in [2.24, 2.45) is 10.4 Å². The summed E-state index contributed by atoms with van der Waals surface area (Å²) in [4.78, 5) is 7.17. The summed E-state index contributed by atoms with van der Waals surface area (Å²) in [5, 5.41) is 2.64. The molecule has 3 rings (SSSR count). The Kier molecular flexibility index (Phi) is 3.32. The van der Waals surface area contributed by atoms with Crippen LogP contribution in [-0.4, -0.2) is 23.3 Å². The maximum Gasteiger partial charge on any atom is 0.129 e. The molecule has 0 saturated heterocycles. The van der Waals surface area contributed by atoms with Crippen LogP contribution < -0.4 is 0 Å². The largest absolute Gasteiger partial charge is 0.355 e. The van der Waals surface area contributed by atoms with E-state index in [1.807, 2.05) is 0 Å². The topological polar surface area (TPSA) is 15.6 Å². The van der Waals surface area contributed by atoms with Gasteiger partial charge < -0.3 is 4.90 Å². The molecule has 0 saturated carbocycles. The third kappa shape index (κ3) is 2.22. The standard InChI is InChI=1S/C20H26N2/c1-14(22(6)18-20(5,21-18)19(2,3)4)16-13-9-11-15-10-7-8-12-17(15)16/h7-14H,1-6H3/t14-,20-/m1/s1. The second kappa shape index (κ2) is 4.84. The third-order valence-electron chi connectivity index (χ3n) is 5.36. The zero-order valence-corrected chi connectivity index (χ0v) is 14.5. The van der Waals surface area contributed by atoms with Crippen molar-refractivity contribution in [2.45, 2.75) is 46.2 Å². The predicted octanol–water partition coefficient (Wildman–Crippen LogP) is 5.05. The number of rotatable bonds is 2. The highest BCUT2D eigenvalue weighted by Gasteiger charge is 2.54. The minimum Gasteiger partial charge on any atom is -0.355 e. The lowest BCUT2D eigenvalue weighted by Gasteiger charge is -2.32. The monoisotopic (exact) mass is 294 g/mol. The van der Waals surface area contributed by atoms with Crippen molar-refractivity contribution in [1.82, 2.24) is 4.90 Å². The van der Waals surface area contributed by atoms with Crippen LogP contribution in [0.5, 0.6) is 0 Å². The molecule has 1 aliphatic heterocycles. The Hall–Kier alpha value is -1.83. The van der Waals surface area contributed by atoms with Crippen molar-refractivity contribution in [1.29, 1.82) is 0 Å². The number of amidine groups is 1. The van der Waals surface area contributed by atoms with Crippen LogP contribution in [0.15, 0.2) is 47.5 Å². The lowest BCUT2D eigenvalue weighted by molar-refractivity contribution is 0.304. The van der Waals surface area contributed by atoms with Gasteiger partial charge in [0.2, 0.25) is 0 Å². The number of benzene rings is 2. The van der Waals surface area contributed by atoms with Crippen molar-refractivity contribution in [3.8, 4) is 0 Å². The number of aliphatic imine (C=N–C) groups is 1. The number of nitrogens with zero attached hydrogens (tertiary/aromatic N) is 2. The highest BCUT2D eigenvalue weighted by molar-refractivity contribution is 6.04. The zero-order valence-electron chi connectivity index (χ0n) is 14.5. The molecule has 0 radical (unpaired) electrons. The molecule has 116 valence electrons. The Balaban J connectivity index is 1.91. The molecule has 0 aromatic heterocycles. The Morgan fingerprint density at radius 2 is 1.68 bits per heavy atom. The molecule has 0 bridgehead atoms. The van der Waals surface area contributed by atoms with E-state index in [2.05, 4.69) is 89.0 Å². The Morgan fingerprint density at radius 1 is 1.05 bits per heavy atom. The van der Waals surface area contributed by atoms with Gasteiger partial charge in [-0.2, -0.15) is 0 Å². The highest BCUT2D eigenvalue weighted by atomic mass is 15.3. The Bertz CT molecular complexity index is 733. The first-order chi connectivity index (χ1) is 10.3. The Morgan fingerprint density at radius 3 is 2.32 bits per heavy atom. The van der Waals surface area contributed by atoms with E-state index in [0.29, 0.717) is 6.04 Å². The summed E-state index contributed by atoms with van der Waals surface area (Å²) in [5.74, 6) is 1.22. The van der Waals surface area contributed by atoms with Gasteiger partial charge >= 0.3 is 0 Å². The van der Waals surface area contributed by atoms with Gasteiger partial charge in [-0.25, -0.2) is 0 Å². The van der Waals surface area contributed by atoms with Crippen molar-refractivity contribution in [3.05, 3.63) is 48.0 Å². The first kappa shape index (κ1) is 15.1. The van der Waals surface area contributed by atoms with Crippen molar-refractivity contribution >= 4 is 16.6 Å².